The minimum atomic E-state index is -0.210. The van der Waals surface area contributed by atoms with E-state index < -0.39 is 0 Å². The lowest BCUT2D eigenvalue weighted by atomic mass is 10.1. The van der Waals surface area contributed by atoms with Gasteiger partial charge in [0, 0.05) is 25.6 Å². The van der Waals surface area contributed by atoms with Crippen LogP contribution in [0.4, 0.5) is 0 Å². The lowest BCUT2D eigenvalue weighted by Gasteiger charge is -2.22. The van der Waals surface area contributed by atoms with Crippen LogP contribution in [0.5, 0.6) is 0 Å². The van der Waals surface area contributed by atoms with E-state index >= 15 is 0 Å². The van der Waals surface area contributed by atoms with Crippen LogP contribution in [-0.4, -0.2) is 36.9 Å². The number of carbonyl (C=O) groups excluding carboxylic acids is 1. The van der Waals surface area contributed by atoms with Gasteiger partial charge in [-0.15, -0.1) is 0 Å². The zero-order valence-electron chi connectivity index (χ0n) is 15.8. The fourth-order valence-electron chi connectivity index (χ4n) is 3.55. The Morgan fingerprint density at radius 2 is 2.19 bits per heavy atom. The summed E-state index contributed by atoms with van der Waals surface area (Å²) in [5.74, 6) is 1.37. The van der Waals surface area contributed by atoms with Crippen molar-refractivity contribution in [1.29, 1.82) is 0 Å². The van der Waals surface area contributed by atoms with Crippen LogP contribution in [0.3, 0.4) is 0 Å². The lowest BCUT2D eigenvalue weighted by Crippen LogP contribution is -2.36. The number of hydrogen-bond acceptors (Lipinski definition) is 5. The number of aromatic nitrogens is 4. The topological polar surface area (TPSA) is 86.2 Å². The molecule has 8 heteroatoms. The molecule has 0 saturated carbocycles. The molecule has 0 N–H and O–H groups in total. The number of hydrogen-bond donors (Lipinski definition) is 0. The first kappa shape index (κ1) is 18.4. The van der Waals surface area contributed by atoms with Crippen molar-refractivity contribution in [2.24, 2.45) is 0 Å². The van der Waals surface area contributed by atoms with Crippen molar-refractivity contribution in [3.05, 3.63) is 33.8 Å². The Hall–Kier alpha value is -2.38. The molecule has 1 saturated heterocycles. The van der Waals surface area contributed by atoms with Gasteiger partial charge in [0.15, 0.2) is 5.76 Å². The number of nitrogens with zero attached hydrogens (tertiary/aromatic N) is 5. The van der Waals surface area contributed by atoms with E-state index in [1.54, 1.807) is 9.47 Å². The van der Waals surface area contributed by atoms with Gasteiger partial charge >= 0.3 is 5.69 Å². The van der Waals surface area contributed by atoms with Crippen molar-refractivity contribution < 1.29 is 9.32 Å². The maximum Gasteiger partial charge on any atom is 0.346 e. The number of carbonyl (C=O) groups is 1. The summed E-state index contributed by atoms with van der Waals surface area (Å²) in [6.45, 7) is 7.09. The van der Waals surface area contributed by atoms with Crippen molar-refractivity contribution in [2.75, 3.05) is 6.54 Å². The van der Waals surface area contributed by atoms with Crippen LogP contribution in [0.1, 0.15) is 62.9 Å². The van der Waals surface area contributed by atoms with Gasteiger partial charge in [0.05, 0.1) is 11.7 Å². The van der Waals surface area contributed by atoms with Crippen LogP contribution in [0.15, 0.2) is 15.4 Å². The fourth-order valence-corrected chi connectivity index (χ4v) is 3.55. The van der Waals surface area contributed by atoms with E-state index in [0.717, 1.165) is 43.6 Å². The molecular formula is C18H27N5O3. The quantitative estimate of drug-likeness (QED) is 0.753. The van der Waals surface area contributed by atoms with E-state index in [4.69, 9.17) is 4.52 Å². The van der Waals surface area contributed by atoms with E-state index in [2.05, 4.69) is 17.2 Å². The van der Waals surface area contributed by atoms with E-state index in [0.29, 0.717) is 18.8 Å². The number of unbranched alkanes of at least 4 members (excludes halogenated alkanes) is 1. The second-order valence-corrected chi connectivity index (χ2v) is 6.82. The SMILES string of the molecule is CCCCc1nn(CC(=O)N2CCCC2c2cc(C)no2)c(=O)n1CC. The molecule has 1 aliphatic heterocycles. The molecule has 3 rings (SSSR count). The molecule has 2 aromatic rings. The van der Waals surface area contributed by atoms with Gasteiger partial charge in [-0.1, -0.05) is 18.5 Å². The summed E-state index contributed by atoms with van der Waals surface area (Å²) < 4.78 is 8.32. The first-order valence-corrected chi connectivity index (χ1v) is 9.44. The molecule has 0 aliphatic carbocycles. The Labute approximate surface area is 152 Å². The molecule has 26 heavy (non-hydrogen) atoms. The molecule has 0 spiro atoms. The van der Waals surface area contributed by atoms with E-state index in [-0.39, 0.29) is 24.2 Å². The molecule has 1 atom stereocenters. The van der Waals surface area contributed by atoms with Crippen molar-refractivity contribution in [3.63, 3.8) is 0 Å². The van der Waals surface area contributed by atoms with Gasteiger partial charge < -0.3 is 9.42 Å². The fraction of sp³-hybridized carbons (Fsp3) is 0.667. The summed E-state index contributed by atoms with van der Waals surface area (Å²) in [6.07, 6.45) is 4.53. The summed E-state index contributed by atoms with van der Waals surface area (Å²) in [5, 5.41) is 8.34. The maximum atomic E-state index is 12.8. The first-order valence-electron chi connectivity index (χ1n) is 9.44. The largest absolute Gasteiger partial charge is 0.359 e. The zero-order chi connectivity index (χ0) is 18.7. The highest BCUT2D eigenvalue weighted by atomic mass is 16.5. The summed E-state index contributed by atoms with van der Waals surface area (Å²) in [4.78, 5) is 27.2. The normalized spacial score (nSPS) is 17.2. The van der Waals surface area contributed by atoms with Crippen molar-refractivity contribution in [3.8, 4) is 0 Å². The molecule has 0 aromatic carbocycles. The Morgan fingerprint density at radius 1 is 1.38 bits per heavy atom. The maximum absolute atomic E-state index is 12.8. The van der Waals surface area contributed by atoms with Crippen LogP contribution in [0.2, 0.25) is 0 Å². The number of rotatable bonds is 7. The molecule has 142 valence electrons. The number of aryl methyl sites for hydroxylation is 2. The van der Waals surface area contributed by atoms with Gasteiger partial charge in [-0.3, -0.25) is 9.36 Å². The minimum Gasteiger partial charge on any atom is -0.359 e. The Morgan fingerprint density at radius 3 is 2.85 bits per heavy atom. The van der Waals surface area contributed by atoms with Crippen LogP contribution in [0, 0.1) is 6.92 Å². The summed E-state index contributed by atoms with van der Waals surface area (Å²) >= 11 is 0. The molecule has 1 aliphatic rings. The van der Waals surface area contributed by atoms with Gasteiger partial charge in [0.1, 0.15) is 12.4 Å². The third-order valence-electron chi connectivity index (χ3n) is 4.90. The van der Waals surface area contributed by atoms with E-state index in [9.17, 15) is 9.59 Å². The summed E-state index contributed by atoms with van der Waals surface area (Å²) in [6, 6.07) is 1.77. The van der Waals surface area contributed by atoms with Gasteiger partial charge in [-0.25, -0.2) is 9.48 Å². The van der Waals surface area contributed by atoms with Crippen molar-refractivity contribution >= 4 is 5.91 Å². The summed E-state index contributed by atoms with van der Waals surface area (Å²) in [7, 11) is 0. The van der Waals surface area contributed by atoms with E-state index in [1.165, 1.54) is 4.68 Å². The highest BCUT2D eigenvalue weighted by Crippen LogP contribution is 2.32. The number of likely N-dealkylation sites (tertiary alicyclic amines) is 1. The monoisotopic (exact) mass is 361 g/mol. The van der Waals surface area contributed by atoms with Crippen molar-refractivity contribution in [2.45, 2.75) is 72.0 Å². The van der Waals surface area contributed by atoms with Crippen LogP contribution in [0.25, 0.3) is 0 Å². The first-order chi connectivity index (χ1) is 12.5. The molecule has 1 fully saturated rings. The summed E-state index contributed by atoms with van der Waals surface area (Å²) in [5.41, 5.74) is 0.594. The predicted molar refractivity (Wildman–Crippen MR) is 95.7 cm³/mol. The van der Waals surface area contributed by atoms with E-state index in [1.807, 2.05) is 19.9 Å². The third-order valence-corrected chi connectivity index (χ3v) is 4.90. The minimum absolute atomic E-state index is 0.0332. The standard InChI is InChI=1S/C18H27N5O3/c1-4-6-9-16-19-23(18(25)21(16)5-2)12-17(24)22-10-7-8-14(22)15-11-13(3)20-26-15/h11,14H,4-10,12H2,1-3H3. The van der Waals surface area contributed by atoms with Gasteiger partial charge in [0.25, 0.3) is 0 Å². The van der Waals surface area contributed by atoms with Gasteiger partial charge in [-0.05, 0) is 33.1 Å². The Kier molecular flexibility index (Phi) is 5.58. The molecule has 8 nitrogen and oxygen atoms in total. The van der Waals surface area contributed by atoms with Crippen molar-refractivity contribution in [1.82, 2.24) is 24.4 Å². The molecule has 0 bridgehead atoms. The highest BCUT2D eigenvalue weighted by molar-refractivity contribution is 5.76. The number of amides is 1. The van der Waals surface area contributed by atoms with Gasteiger partial charge in [-0.2, -0.15) is 5.10 Å². The molecule has 0 radical (unpaired) electrons. The smallest absolute Gasteiger partial charge is 0.346 e. The van der Waals surface area contributed by atoms with Crippen LogP contribution >= 0.6 is 0 Å². The molecule has 1 amide bonds. The lowest BCUT2D eigenvalue weighted by molar-refractivity contribution is -0.133. The van der Waals surface area contributed by atoms with Gasteiger partial charge in [0.2, 0.25) is 5.91 Å². The molecule has 3 heterocycles. The Bertz CT molecular complexity index is 819. The predicted octanol–water partition coefficient (Wildman–Crippen LogP) is 2.07. The average molecular weight is 361 g/mol. The zero-order valence-corrected chi connectivity index (χ0v) is 15.8. The third kappa shape index (κ3) is 3.59. The molecule has 2 aromatic heterocycles. The Balaban J connectivity index is 1.77. The highest BCUT2D eigenvalue weighted by Gasteiger charge is 2.33. The van der Waals surface area contributed by atoms with Crippen LogP contribution < -0.4 is 5.69 Å². The molecular weight excluding hydrogens is 334 g/mol. The molecule has 1 unspecified atom stereocenters. The average Bonchev–Trinajstić information content (AvgIpc) is 3.32. The van der Waals surface area contributed by atoms with Crippen LogP contribution in [-0.2, 0) is 24.3 Å². The second kappa shape index (κ2) is 7.88. The second-order valence-electron chi connectivity index (χ2n) is 6.82.